The zero-order valence-corrected chi connectivity index (χ0v) is 11.3. The van der Waals surface area contributed by atoms with Gasteiger partial charge in [0.15, 0.2) is 0 Å². The molecule has 20 heavy (non-hydrogen) atoms. The van der Waals surface area contributed by atoms with E-state index in [2.05, 4.69) is 5.16 Å². The first-order chi connectivity index (χ1) is 9.46. The van der Waals surface area contributed by atoms with E-state index in [0.717, 1.165) is 29.7 Å². The van der Waals surface area contributed by atoms with Crippen molar-refractivity contribution in [1.82, 2.24) is 5.16 Å². The highest BCUT2D eigenvalue weighted by Gasteiger charge is 2.29. The Morgan fingerprint density at radius 3 is 2.90 bits per heavy atom. The maximum atomic E-state index is 10.9. The van der Waals surface area contributed by atoms with Crippen LogP contribution in [0, 0.1) is 0 Å². The smallest absolute Gasteiger partial charge is 0.374 e. The highest BCUT2D eigenvalue weighted by Crippen LogP contribution is 2.40. The van der Waals surface area contributed by atoms with Crippen LogP contribution < -0.4 is 4.74 Å². The minimum atomic E-state index is -1.13. The number of para-hydroxylation sites is 1. The number of carboxylic acids is 1. The summed E-state index contributed by atoms with van der Waals surface area (Å²) in [5.74, 6) is -0.531. The highest BCUT2D eigenvalue weighted by molar-refractivity contribution is 5.86. The van der Waals surface area contributed by atoms with Gasteiger partial charge in [0.1, 0.15) is 17.0 Å². The maximum Gasteiger partial charge on any atom is 0.374 e. The number of hydrogen-bond donors (Lipinski definition) is 1. The lowest BCUT2D eigenvalue weighted by Gasteiger charge is -2.33. The van der Waals surface area contributed by atoms with Gasteiger partial charge in [0.25, 0.3) is 0 Å². The van der Waals surface area contributed by atoms with Gasteiger partial charge in [-0.1, -0.05) is 17.3 Å². The number of fused-ring (bicyclic) bond motifs is 1. The second-order valence-corrected chi connectivity index (χ2v) is 5.54. The van der Waals surface area contributed by atoms with Crippen molar-refractivity contribution in [2.45, 2.75) is 32.3 Å². The molecular weight excluding hydrogens is 258 g/mol. The molecule has 1 N–H and O–H groups in total. The maximum absolute atomic E-state index is 10.9. The van der Waals surface area contributed by atoms with Crippen molar-refractivity contribution in [1.29, 1.82) is 0 Å². The Kier molecular flexibility index (Phi) is 2.78. The molecule has 5 nitrogen and oxygen atoms in total. The second kappa shape index (κ2) is 4.37. The molecule has 2 heterocycles. The van der Waals surface area contributed by atoms with Gasteiger partial charge in [-0.3, -0.25) is 0 Å². The van der Waals surface area contributed by atoms with Gasteiger partial charge in [-0.15, -0.1) is 0 Å². The molecule has 104 valence electrons. The molecule has 0 saturated carbocycles. The minimum absolute atomic E-state index is 0.173. The summed E-state index contributed by atoms with van der Waals surface area (Å²) in [5.41, 5.74) is 2.13. The Morgan fingerprint density at radius 2 is 2.20 bits per heavy atom. The van der Waals surface area contributed by atoms with E-state index in [4.69, 9.17) is 14.4 Å². The average Bonchev–Trinajstić information content (AvgIpc) is 2.86. The molecule has 0 aliphatic carbocycles. The number of nitrogens with zero attached hydrogens (tertiary/aromatic N) is 1. The van der Waals surface area contributed by atoms with Crippen LogP contribution in [0.15, 0.2) is 28.8 Å². The quantitative estimate of drug-likeness (QED) is 0.910. The fraction of sp³-hybridized carbons (Fsp3) is 0.333. The lowest BCUT2D eigenvalue weighted by molar-refractivity contribution is 0.0652. The van der Waals surface area contributed by atoms with Crippen LogP contribution in [-0.2, 0) is 6.42 Å². The number of benzene rings is 1. The van der Waals surface area contributed by atoms with Crippen LogP contribution in [0.1, 0.15) is 36.4 Å². The molecule has 0 atom stereocenters. The number of aromatic nitrogens is 1. The third kappa shape index (κ3) is 2.15. The minimum Gasteiger partial charge on any atom is -0.487 e. The number of rotatable bonds is 2. The average molecular weight is 273 g/mol. The van der Waals surface area contributed by atoms with Gasteiger partial charge in [0.2, 0.25) is 5.76 Å². The molecule has 0 fully saturated rings. The van der Waals surface area contributed by atoms with Gasteiger partial charge in [-0.05, 0) is 38.3 Å². The van der Waals surface area contributed by atoms with Gasteiger partial charge in [0.05, 0.1) is 0 Å². The Bertz CT molecular complexity index is 672. The van der Waals surface area contributed by atoms with Crippen molar-refractivity contribution in [3.8, 4) is 17.0 Å². The normalized spacial score (nSPS) is 16.3. The molecule has 5 heteroatoms. The van der Waals surface area contributed by atoms with E-state index in [9.17, 15) is 4.79 Å². The van der Waals surface area contributed by atoms with Gasteiger partial charge >= 0.3 is 5.97 Å². The summed E-state index contributed by atoms with van der Waals surface area (Å²) in [7, 11) is 0. The number of carbonyl (C=O) groups is 1. The van der Waals surface area contributed by atoms with Gasteiger partial charge in [-0.2, -0.15) is 0 Å². The molecule has 1 aliphatic heterocycles. The van der Waals surface area contributed by atoms with Crippen molar-refractivity contribution in [3.05, 3.63) is 35.6 Å². The zero-order valence-electron chi connectivity index (χ0n) is 11.3. The number of carboxylic acid groups (broad SMARTS) is 1. The predicted molar refractivity (Wildman–Crippen MR) is 71.9 cm³/mol. The second-order valence-electron chi connectivity index (χ2n) is 5.54. The summed E-state index contributed by atoms with van der Waals surface area (Å²) < 4.78 is 10.9. The predicted octanol–water partition coefficient (Wildman–Crippen LogP) is 3.14. The zero-order chi connectivity index (χ0) is 14.3. The number of hydrogen-bond acceptors (Lipinski definition) is 4. The summed E-state index contributed by atoms with van der Waals surface area (Å²) in [4.78, 5) is 10.9. The van der Waals surface area contributed by atoms with Crippen LogP contribution in [0.5, 0.6) is 5.75 Å². The third-order valence-corrected chi connectivity index (χ3v) is 3.47. The molecule has 0 radical (unpaired) electrons. The van der Waals surface area contributed by atoms with Gasteiger partial charge in [-0.25, -0.2) is 4.79 Å². The molecule has 1 aromatic heterocycles. The van der Waals surface area contributed by atoms with Crippen LogP contribution in [0.25, 0.3) is 11.3 Å². The molecule has 1 aliphatic rings. The van der Waals surface area contributed by atoms with Gasteiger partial charge in [0, 0.05) is 11.6 Å². The number of aryl methyl sites for hydroxylation is 1. The molecule has 0 amide bonds. The molecule has 2 aromatic rings. The van der Waals surface area contributed by atoms with Crippen LogP contribution in [0.3, 0.4) is 0 Å². The van der Waals surface area contributed by atoms with E-state index in [-0.39, 0.29) is 11.4 Å². The molecule has 0 spiro atoms. The fourth-order valence-corrected chi connectivity index (χ4v) is 2.37. The van der Waals surface area contributed by atoms with Crippen molar-refractivity contribution in [2.75, 3.05) is 0 Å². The Morgan fingerprint density at radius 1 is 1.40 bits per heavy atom. The molecule has 0 saturated heterocycles. The first kappa shape index (κ1) is 12.7. The molecule has 1 aromatic carbocycles. The Hall–Kier alpha value is -2.30. The van der Waals surface area contributed by atoms with E-state index < -0.39 is 5.97 Å². The molecule has 0 unspecified atom stereocenters. The van der Waals surface area contributed by atoms with Gasteiger partial charge < -0.3 is 14.4 Å². The van der Waals surface area contributed by atoms with Crippen molar-refractivity contribution in [3.63, 3.8) is 0 Å². The van der Waals surface area contributed by atoms with Crippen LogP contribution in [0.4, 0.5) is 0 Å². The first-order valence-electron chi connectivity index (χ1n) is 6.47. The summed E-state index contributed by atoms with van der Waals surface area (Å²) in [6.07, 6.45) is 1.88. The first-order valence-corrected chi connectivity index (χ1v) is 6.47. The Labute approximate surface area is 116 Å². The third-order valence-electron chi connectivity index (χ3n) is 3.47. The summed E-state index contributed by atoms with van der Waals surface area (Å²) in [6.45, 7) is 4.08. The highest BCUT2D eigenvalue weighted by atomic mass is 16.5. The fourth-order valence-electron chi connectivity index (χ4n) is 2.37. The lowest BCUT2D eigenvalue weighted by atomic mass is 9.92. The summed E-state index contributed by atoms with van der Waals surface area (Å²) in [6, 6.07) is 7.23. The van der Waals surface area contributed by atoms with Crippen LogP contribution in [-0.4, -0.2) is 21.8 Å². The largest absolute Gasteiger partial charge is 0.487 e. The monoisotopic (exact) mass is 273 g/mol. The number of aromatic carboxylic acids is 1. The van der Waals surface area contributed by atoms with E-state index in [1.54, 1.807) is 0 Å². The number of ether oxygens (including phenoxy) is 1. The van der Waals surface area contributed by atoms with Crippen molar-refractivity contribution in [2.24, 2.45) is 0 Å². The van der Waals surface area contributed by atoms with Crippen molar-refractivity contribution >= 4 is 5.97 Å². The van der Waals surface area contributed by atoms with Crippen LogP contribution >= 0.6 is 0 Å². The van der Waals surface area contributed by atoms with E-state index >= 15 is 0 Å². The van der Waals surface area contributed by atoms with E-state index in [0.29, 0.717) is 5.69 Å². The molecule has 3 rings (SSSR count). The lowest BCUT2D eigenvalue weighted by Crippen LogP contribution is -2.32. The SMILES string of the molecule is CC1(C)CCc2cccc(-c3cc(C(=O)O)on3)c2O1. The Balaban J connectivity index is 2.08. The molecule has 0 bridgehead atoms. The van der Waals surface area contributed by atoms with Crippen LogP contribution in [0.2, 0.25) is 0 Å². The van der Waals surface area contributed by atoms with Crippen molar-refractivity contribution < 1.29 is 19.2 Å². The molecular formula is C15H15NO4. The summed E-state index contributed by atoms with van der Waals surface area (Å²) >= 11 is 0. The van der Waals surface area contributed by atoms with E-state index in [1.807, 2.05) is 32.0 Å². The van der Waals surface area contributed by atoms with E-state index in [1.165, 1.54) is 6.07 Å². The topological polar surface area (TPSA) is 72.6 Å². The standard InChI is InChI=1S/C15H15NO4/c1-15(2)7-6-9-4-3-5-10(13(9)19-15)11-8-12(14(17)18)20-16-11/h3-5,8H,6-7H2,1-2H3,(H,17,18). The summed E-state index contributed by atoms with van der Waals surface area (Å²) in [5, 5.41) is 12.7.